The lowest BCUT2D eigenvalue weighted by atomic mass is 9.99. The first-order valence-electron chi connectivity index (χ1n) is 8.16. The molecule has 3 aromatic carbocycles. The van der Waals surface area contributed by atoms with Crippen LogP contribution in [0.4, 0.5) is 0 Å². The van der Waals surface area contributed by atoms with Gasteiger partial charge in [0.25, 0.3) is 0 Å². The number of carbonyl (C=O) groups is 1. The molecular formula is C22H16N2O. The standard InChI is InChI=1S/C22H16N2O/c1-15-11-13-16(14-12-15)20-18-9-5-6-10-19(18)21(24-23-20)22(25)17-7-3-2-4-8-17/h2-14H,1H3. The van der Waals surface area contributed by atoms with Crippen molar-refractivity contribution in [3.8, 4) is 11.3 Å². The van der Waals surface area contributed by atoms with E-state index in [1.54, 1.807) is 12.1 Å². The predicted molar refractivity (Wildman–Crippen MR) is 99.6 cm³/mol. The molecule has 0 saturated heterocycles. The number of nitrogens with zero attached hydrogens (tertiary/aromatic N) is 2. The van der Waals surface area contributed by atoms with Gasteiger partial charge in [0.05, 0.1) is 0 Å². The lowest BCUT2D eigenvalue weighted by Gasteiger charge is -2.09. The van der Waals surface area contributed by atoms with Gasteiger partial charge in [0.2, 0.25) is 5.78 Å². The summed E-state index contributed by atoms with van der Waals surface area (Å²) in [5.74, 6) is -0.111. The van der Waals surface area contributed by atoms with E-state index >= 15 is 0 Å². The number of hydrogen-bond acceptors (Lipinski definition) is 3. The monoisotopic (exact) mass is 324 g/mol. The van der Waals surface area contributed by atoms with Gasteiger partial charge in [0, 0.05) is 21.9 Å². The normalized spacial score (nSPS) is 10.8. The van der Waals surface area contributed by atoms with E-state index in [0.717, 1.165) is 22.0 Å². The van der Waals surface area contributed by atoms with Gasteiger partial charge in [-0.3, -0.25) is 4.79 Å². The van der Waals surface area contributed by atoms with Gasteiger partial charge in [-0.25, -0.2) is 0 Å². The van der Waals surface area contributed by atoms with Crippen LogP contribution in [0.2, 0.25) is 0 Å². The van der Waals surface area contributed by atoms with E-state index in [-0.39, 0.29) is 5.78 Å². The van der Waals surface area contributed by atoms with E-state index in [1.807, 2.05) is 54.6 Å². The number of fused-ring (bicyclic) bond motifs is 1. The first kappa shape index (κ1) is 15.2. The van der Waals surface area contributed by atoms with Gasteiger partial charge in [-0.05, 0) is 6.92 Å². The van der Waals surface area contributed by atoms with Crippen LogP contribution in [0.15, 0.2) is 78.9 Å². The maximum absolute atomic E-state index is 12.9. The van der Waals surface area contributed by atoms with Crippen molar-refractivity contribution in [1.29, 1.82) is 0 Å². The van der Waals surface area contributed by atoms with E-state index < -0.39 is 0 Å². The van der Waals surface area contributed by atoms with Crippen LogP contribution in [-0.4, -0.2) is 16.0 Å². The molecule has 0 N–H and O–H groups in total. The highest BCUT2D eigenvalue weighted by Crippen LogP contribution is 2.28. The highest BCUT2D eigenvalue weighted by molar-refractivity contribution is 6.16. The summed E-state index contributed by atoms with van der Waals surface area (Å²) in [5.41, 5.74) is 3.98. The van der Waals surface area contributed by atoms with Gasteiger partial charge < -0.3 is 0 Å². The average molecular weight is 324 g/mol. The van der Waals surface area contributed by atoms with Crippen molar-refractivity contribution < 1.29 is 4.79 Å². The topological polar surface area (TPSA) is 42.9 Å². The van der Waals surface area contributed by atoms with E-state index in [0.29, 0.717) is 11.3 Å². The van der Waals surface area contributed by atoms with Gasteiger partial charge in [-0.15, -0.1) is 10.2 Å². The number of aromatic nitrogens is 2. The Kier molecular flexibility index (Phi) is 3.82. The average Bonchev–Trinajstić information content (AvgIpc) is 2.68. The molecule has 0 aliphatic carbocycles. The molecule has 120 valence electrons. The van der Waals surface area contributed by atoms with E-state index in [4.69, 9.17) is 0 Å². The minimum Gasteiger partial charge on any atom is -0.287 e. The molecule has 0 unspecified atom stereocenters. The molecule has 0 atom stereocenters. The number of hydrogen-bond donors (Lipinski definition) is 0. The Morgan fingerprint density at radius 3 is 2.08 bits per heavy atom. The van der Waals surface area contributed by atoms with Crippen LogP contribution < -0.4 is 0 Å². The Morgan fingerprint density at radius 1 is 0.720 bits per heavy atom. The van der Waals surface area contributed by atoms with Crippen molar-refractivity contribution in [2.24, 2.45) is 0 Å². The molecule has 4 aromatic rings. The SMILES string of the molecule is Cc1ccc(-c2nnc(C(=O)c3ccccc3)c3ccccc23)cc1. The summed E-state index contributed by atoms with van der Waals surface area (Å²) >= 11 is 0. The van der Waals surface area contributed by atoms with Crippen LogP contribution in [0.25, 0.3) is 22.0 Å². The molecule has 1 heterocycles. The summed E-state index contributed by atoms with van der Waals surface area (Å²) in [7, 11) is 0. The second kappa shape index (κ2) is 6.29. The molecule has 0 spiro atoms. The number of rotatable bonds is 3. The number of ketones is 1. The first-order chi connectivity index (χ1) is 12.2. The Hall–Kier alpha value is -3.33. The predicted octanol–water partition coefficient (Wildman–Crippen LogP) is 4.84. The largest absolute Gasteiger partial charge is 0.287 e. The summed E-state index contributed by atoms with van der Waals surface area (Å²) in [4.78, 5) is 12.9. The fourth-order valence-electron chi connectivity index (χ4n) is 2.92. The lowest BCUT2D eigenvalue weighted by Crippen LogP contribution is -2.07. The smallest absolute Gasteiger partial charge is 0.213 e. The highest BCUT2D eigenvalue weighted by atomic mass is 16.1. The minimum absolute atomic E-state index is 0.111. The summed E-state index contributed by atoms with van der Waals surface area (Å²) in [5, 5.41) is 10.4. The lowest BCUT2D eigenvalue weighted by molar-refractivity contribution is 0.103. The third kappa shape index (κ3) is 2.81. The molecule has 0 radical (unpaired) electrons. The Morgan fingerprint density at radius 2 is 1.36 bits per heavy atom. The highest BCUT2D eigenvalue weighted by Gasteiger charge is 2.17. The van der Waals surface area contributed by atoms with Crippen molar-refractivity contribution in [3.05, 3.63) is 95.7 Å². The molecule has 1 aromatic heterocycles. The zero-order chi connectivity index (χ0) is 17.2. The van der Waals surface area contributed by atoms with Crippen molar-refractivity contribution in [2.45, 2.75) is 6.92 Å². The Labute approximate surface area is 146 Å². The molecule has 0 bridgehead atoms. The summed E-state index contributed by atoms with van der Waals surface area (Å²) in [6.07, 6.45) is 0. The quantitative estimate of drug-likeness (QED) is 0.507. The fraction of sp³-hybridized carbons (Fsp3) is 0.0455. The third-order valence-electron chi connectivity index (χ3n) is 4.26. The molecule has 3 nitrogen and oxygen atoms in total. The Bertz CT molecular complexity index is 1050. The van der Waals surface area contributed by atoms with Crippen LogP contribution in [0, 0.1) is 6.92 Å². The van der Waals surface area contributed by atoms with Gasteiger partial charge in [0.1, 0.15) is 11.4 Å². The van der Waals surface area contributed by atoms with Crippen molar-refractivity contribution in [2.75, 3.05) is 0 Å². The van der Waals surface area contributed by atoms with Crippen LogP contribution in [0.3, 0.4) is 0 Å². The van der Waals surface area contributed by atoms with Gasteiger partial charge in [-0.1, -0.05) is 84.4 Å². The van der Waals surface area contributed by atoms with Crippen molar-refractivity contribution in [3.63, 3.8) is 0 Å². The molecular weight excluding hydrogens is 308 g/mol. The van der Waals surface area contributed by atoms with Crippen LogP contribution in [0.5, 0.6) is 0 Å². The van der Waals surface area contributed by atoms with Crippen molar-refractivity contribution in [1.82, 2.24) is 10.2 Å². The zero-order valence-corrected chi connectivity index (χ0v) is 13.8. The van der Waals surface area contributed by atoms with E-state index in [2.05, 4.69) is 29.3 Å². The molecule has 0 aliphatic heterocycles. The molecule has 0 aliphatic rings. The fourth-order valence-corrected chi connectivity index (χ4v) is 2.92. The zero-order valence-electron chi connectivity index (χ0n) is 13.8. The van der Waals surface area contributed by atoms with Gasteiger partial charge >= 0.3 is 0 Å². The Balaban J connectivity index is 1.90. The van der Waals surface area contributed by atoms with Crippen molar-refractivity contribution >= 4 is 16.6 Å². The van der Waals surface area contributed by atoms with Crippen LogP contribution >= 0.6 is 0 Å². The summed E-state index contributed by atoms with van der Waals surface area (Å²) in [6.45, 7) is 2.05. The third-order valence-corrected chi connectivity index (χ3v) is 4.26. The maximum Gasteiger partial charge on any atom is 0.213 e. The first-order valence-corrected chi connectivity index (χ1v) is 8.16. The molecule has 0 amide bonds. The molecule has 0 saturated carbocycles. The number of carbonyl (C=O) groups excluding carboxylic acids is 1. The van der Waals surface area contributed by atoms with Crippen LogP contribution in [-0.2, 0) is 0 Å². The molecule has 0 fully saturated rings. The van der Waals surface area contributed by atoms with Gasteiger partial charge in [-0.2, -0.15) is 0 Å². The second-order valence-electron chi connectivity index (χ2n) is 6.00. The van der Waals surface area contributed by atoms with E-state index in [9.17, 15) is 4.79 Å². The number of benzene rings is 3. The molecule has 3 heteroatoms. The van der Waals surface area contributed by atoms with Crippen LogP contribution in [0.1, 0.15) is 21.6 Å². The maximum atomic E-state index is 12.9. The minimum atomic E-state index is -0.111. The van der Waals surface area contributed by atoms with E-state index in [1.165, 1.54) is 5.56 Å². The number of aryl methyl sites for hydroxylation is 1. The molecule has 25 heavy (non-hydrogen) atoms. The summed E-state index contributed by atoms with van der Waals surface area (Å²) in [6, 6.07) is 25.1. The van der Waals surface area contributed by atoms with Gasteiger partial charge in [0.15, 0.2) is 0 Å². The molecule has 4 rings (SSSR count). The summed E-state index contributed by atoms with van der Waals surface area (Å²) < 4.78 is 0. The second-order valence-corrected chi connectivity index (χ2v) is 6.00.